The van der Waals surface area contributed by atoms with Crippen molar-refractivity contribution in [3.63, 3.8) is 0 Å². The molecule has 1 fully saturated rings. The number of hydrogen-bond acceptors (Lipinski definition) is 7. The highest BCUT2D eigenvalue weighted by Crippen LogP contribution is 2.31. The Kier molecular flexibility index (Phi) is 7.80. The molecule has 2 aliphatic heterocycles. The van der Waals surface area contributed by atoms with Crippen LogP contribution in [0.25, 0.3) is 0 Å². The molecular formula is C27H29F3N4O5. The van der Waals surface area contributed by atoms with Gasteiger partial charge >= 0.3 is 18.0 Å². The molecule has 0 aliphatic carbocycles. The Morgan fingerprint density at radius 2 is 1.64 bits per heavy atom. The van der Waals surface area contributed by atoms with Gasteiger partial charge in [-0.15, -0.1) is 0 Å². The predicted molar refractivity (Wildman–Crippen MR) is 136 cm³/mol. The van der Waals surface area contributed by atoms with Crippen LogP contribution in [0.2, 0.25) is 0 Å². The molecule has 0 spiro atoms. The van der Waals surface area contributed by atoms with E-state index in [0.29, 0.717) is 37.8 Å². The molecular weight excluding hydrogens is 517 g/mol. The number of halogens is 3. The monoisotopic (exact) mass is 546 g/mol. The van der Waals surface area contributed by atoms with E-state index in [1.165, 1.54) is 18.3 Å². The highest BCUT2D eigenvalue weighted by atomic mass is 19.4. The quantitative estimate of drug-likeness (QED) is 0.250. The zero-order valence-corrected chi connectivity index (χ0v) is 21.2. The summed E-state index contributed by atoms with van der Waals surface area (Å²) in [7, 11) is 0. The Hall–Kier alpha value is -3.96. The molecule has 9 nitrogen and oxygen atoms in total. The number of fused-ring (bicyclic) bond motifs is 1. The SMILES string of the molecule is O=[N+]([O-])c1cn2c(n1)OC(COc1ccc(N3CCC(CCOc4ccc(C(F)(F)F)cc4)CC3)cc1)CC2. The van der Waals surface area contributed by atoms with Crippen LogP contribution in [0.5, 0.6) is 17.5 Å². The number of rotatable bonds is 9. The number of nitrogens with zero attached hydrogens (tertiary/aromatic N) is 4. The molecule has 1 atom stereocenters. The average Bonchev–Trinajstić information content (AvgIpc) is 3.37. The summed E-state index contributed by atoms with van der Waals surface area (Å²) in [6.07, 6.45) is 0.363. The number of imidazole rings is 1. The summed E-state index contributed by atoms with van der Waals surface area (Å²) < 4.78 is 57.0. The van der Waals surface area contributed by atoms with Crippen LogP contribution in [0.1, 0.15) is 31.2 Å². The zero-order chi connectivity index (χ0) is 27.4. The molecule has 0 amide bonds. The van der Waals surface area contributed by atoms with E-state index in [2.05, 4.69) is 9.88 Å². The van der Waals surface area contributed by atoms with Gasteiger partial charge in [-0.2, -0.15) is 13.2 Å². The molecule has 3 heterocycles. The smallest absolute Gasteiger partial charge is 0.416 e. The topological polar surface area (TPSA) is 91.9 Å². The molecule has 1 saturated heterocycles. The number of aryl methyl sites for hydroxylation is 1. The van der Waals surface area contributed by atoms with Crippen LogP contribution in [-0.2, 0) is 12.7 Å². The van der Waals surface area contributed by atoms with Crippen LogP contribution in [-0.4, -0.2) is 46.9 Å². The molecule has 12 heteroatoms. The van der Waals surface area contributed by atoms with Gasteiger partial charge in [0.25, 0.3) is 0 Å². The van der Waals surface area contributed by atoms with Crippen molar-refractivity contribution in [3.8, 4) is 17.5 Å². The second-order valence-corrected chi connectivity index (χ2v) is 9.76. The first-order chi connectivity index (χ1) is 18.7. The summed E-state index contributed by atoms with van der Waals surface area (Å²) in [5, 5.41) is 10.9. The Morgan fingerprint density at radius 1 is 0.974 bits per heavy atom. The highest BCUT2D eigenvalue weighted by molar-refractivity contribution is 5.49. The van der Waals surface area contributed by atoms with E-state index >= 15 is 0 Å². The number of aromatic nitrogens is 2. The lowest BCUT2D eigenvalue weighted by Crippen LogP contribution is -2.34. The molecule has 0 radical (unpaired) electrons. The summed E-state index contributed by atoms with van der Waals surface area (Å²) in [6.45, 7) is 3.21. The minimum absolute atomic E-state index is 0.224. The third kappa shape index (κ3) is 6.73. The number of anilines is 1. The van der Waals surface area contributed by atoms with Crippen LogP contribution in [0.15, 0.2) is 54.7 Å². The van der Waals surface area contributed by atoms with Gasteiger partial charge in [-0.05, 0) is 78.6 Å². The van der Waals surface area contributed by atoms with Gasteiger partial charge in [-0.1, -0.05) is 0 Å². The summed E-state index contributed by atoms with van der Waals surface area (Å²) in [6, 6.07) is 13.0. The maximum absolute atomic E-state index is 12.7. The molecule has 3 aromatic rings. The van der Waals surface area contributed by atoms with Crippen molar-refractivity contribution >= 4 is 11.5 Å². The molecule has 1 unspecified atom stereocenters. The molecule has 5 rings (SSSR count). The first-order valence-electron chi connectivity index (χ1n) is 12.9. The lowest BCUT2D eigenvalue weighted by Gasteiger charge is -2.33. The fraction of sp³-hybridized carbons (Fsp3) is 0.444. The van der Waals surface area contributed by atoms with E-state index in [1.807, 2.05) is 24.3 Å². The number of alkyl halides is 3. The summed E-state index contributed by atoms with van der Waals surface area (Å²) in [5.74, 6) is 1.45. The van der Waals surface area contributed by atoms with Crippen molar-refractivity contribution < 1.29 is 32.3 Å². The van der Waals surface area contributed by atoms with Crippen LogP contribution in [0, 0.1) is 16.0 Å². The summed E-state index contributed by atoms with van der Waals surface area (Å²) in [4.78, 5) is 16.6. The Bertz CT molecular complexity index is 1260. The minimum atomic E-state index is -4.34. The van der Waals surface area contributed by atoms with Crippen molar-refractivity contribution in [1.82, 2.24) is 9.55 Å². The minimum Gasteiger partial charge on any atom is -0.494 e. The number of hydrogen-bond donors (Lipinski definition) is 0. The van der Waals surface area contributed by atoms with Gasteiger partial charge in [0.2, 0.25) is 0 Å². The third-order valence-electron chi connectivity index (χ3n) is 7.11. The first-order valence-corrected chi connectivity index (χ1v) is 12.9. The van der Waals surface area contributed by atoms with Gasteiger partial charge < -0.3 is 29.2 Å². The van der Waals surface area contributed by atoms with Crippen molar-refractivity contribution in [2.75, 3.05) is 31.2 Å². The van der Waals surface area contributed by atoms with E-state index in [1.54, 1.807) is 4.57 Å². The van der Waals surface area contributed by atoms with Gasteiger partial charge in [0, 0.05) is 36.7 Å². The largest absolute Gasteiger partial charge is 0.494 e. The normalized spacial score (nSPS) is 17.8. The van der Waals surface area contributed by atoms with E-state index in [0.717, 1.165) is 55.9 Å². The molecule has 2 aliphatic rings. The van der Waals surface area contributed by atoms with Crippen LogP contribution < -0.4 is 19.1 Å². The molecule has 1 aromatic heterocycles. The maximum atomic E-state index is 12.7. The van der Waals surface area contributed by atoms with Crippen molar-refractivity contribution in [2.45, 2.75) is 44.5 Å². The molecule has 0 bridgehead atoms. The van der Waals surface area contributed by atoms with Crippen molar-refractivity contribution in [1.29, 1.82) is 0 Å². The van der Waals surface area contributed by atoms with E-state index in [4.69, 9.17) is 14.2 Å². The van der Waals surface area contributed by atoms with Gasteiger partial charge in [0.15, 0.2) is 0 Å². The number of ether oxygens (including phenoxy) is 3. The average molecular weight is 547 g/mol. The highest BCUT2D eigenvalue weighted by Gasteiger charge is 2.30. The van der Waals surface area contributed by atoms with E-state index in [-0.39, 0.29) is 17.9 Å². The lowest BCUT2D eigenvalue weighted by atomic mass is 9.93. The summed E-state index contributed by atoms with van der Waals surface area (Å²) in [5.41, 5.74) is 0.439. The second-order valence-electron chi connectivity index (χ2n) is 9.76. The van der Waals surface area contributed by atoms with Crippen LogP contribution in [0.3, 0.4) is 0 Å². The second kappa shape index (κ2) is 11.4. The predicted octanol–water partition coefficient (Wildman–Crippen LogP) is 5.73. The first kappa shape index (κ1) is 26.6. The molecule has 39 heavy (non-hydrogen) atoms. The number of piperidine rings is 1. The summed E-state index contributed by atoms with van der Waals surface area (Å²) >= 11 is 0. The fourth-order valence-corrected chi connectivity index (χ4v) is 4.84. The van der Waals surface area contributed by atoms with Crippen LogP contribution >= 0.6 is 0 Å². The zero-order valence-electron chi connectivity index (χ0n) is 21.2. The van der Waals surface area contributed by atoms with Crippen molar-refractivity contribution in [2.24, 2.45) is 5.92 Å². The van der Waals surface area contributed by atoms with Crippen molar-refractivity contribution in [3.05, 3.63) is 70.4 Å². The Balaban J connectivity index is 1.02. The molecule has 208 valence electrons. The van der Waals surface area contributed by atoms with E-state index in [9.17, 15) is 23.3 Å². The Morgan fingerprint density at radius 3 is 2.31 bits per heavy atom. The standard InChI is InChI=1S/C27H29F3N4O5/c28-27(29,30)20-1-5-22(6-2-20)37-16-12-19-9-13-32(14-10-19)21-3-7-23(8-4-21)38-18-24-11-15-33-17-25(34(35)36)31-26(33)39-24/h1-8,17,19,24H,9-16,18H2. The van der Waals surface area contributed by atoms with Crippen LogP contribution in [0.4, 0.5) is 24.7 Å². The van der Waals surface area contributed by atoms with Gasteiger partial charge in [-0.25, -0.2) is 0 Å². The fourth-order valence-electron chi connectivity index (χ4n) is 4.84. The van der Waals surface area contributed by atoms with Gasteiger partial charge in [0.05, 0.1) is 12.2 Å². The number of benzene rings is 2. The Labute approximate surface area is 223 Å². The molecule has 0 saturated carbocycles. The number of nitro groups is 1. The molecule has 2 aromatic carbocycles. The van der Waals surface area contributed by atoms with Gasteiger partial charge in [0.1, 0.15) is 30.4 Å². The third-order valence-corrected chi connectivity index (χ3v) is 7.11. The maximum Gasteiger partial charge on any atom is 0.416 e. The van der Waals surface area contributed by atoms with Gasteiger partial charge in [-0.3, -0.25) is 4.57 Å². The van der Waals surface area contributed by atoms with E-state index < -0.39 is 16.7 Å². The molecule has 0 N–H and O–H groups in total. The lowest BCUT2D eigenvalue weighted by molar-refractivity contribution is -0.389.